The molecule has 0 radical (unpaired) electrons. The van der Waals surface area contributed by atoms with E-state index in [2.05, 4.69) is 17.1 Å². The van der Waals surface area contributed by atoms with Crippen LogP contribution in [0.1, 0.15) is 68.1 Å². The van der Waals surface area contributed by atoms with Crippen molar-refractivity contribution in [1.29, 1.82) is 0 Å². The molecule has 0 fully saturated rings. The van der Waals surface area contributed by atoms with Crippen molar-refractivity contribution in [2.45, 2.75) is 65.2 Å². The standard InChI is InChI=1S/C31H33ClN2O4/c1-4-34-23-7-5-9-25(35)30(23)29(31-24(34)8-6-10-26(31)36)21-16-20(32)12-14-27(21)38-17-28(37)33-22-13-11-18(2)15-19(22)3/h11-16,29H,4-10,17H2,1-3H3,(H,33,37). The van der Waals surface area contributed by atoms with Gasteiger partial charge >= 0.3 is 0 Å². The summed E-state index contributed by atoms with van der Waals surface area (Å²) < 4.78 is 6.07. The lowest BCUT2D eigenvalue weighted by Crippen LogP contribution is -2.39. The summed E-state index contributed by atoms with van der Waals surface area (Å²) in [7, 11) is 0. The fourth-order valence-corrected chi connectivity index (χ4v) is 6.25. The van der Waals surface area contributed by atoms with Gasteiger partial charge in [-0.05, 0) is 76.3 Å². The Bertz CT molecular complexity index is 1350. The molecule has 1 N–H and O–H groups in total. The lowest BCUT2D eigenvalue weighted by Gasteiger charge is -2.43. The van der Waals surface area contributed by atoms with E-state index in [1.807, 2.05) is 32.0 Å². The second kappa shape index (κ2) is 10.8. The van der Waals surface area contributed by atoms with Crippen LogP contribution in [0.15, 0.2) is 58.9 Å². The van der Waals surface area contributed by atoms with Crippen LogP contribution in [0.4, 0.5) is 5.69 Å². The van der Waals surface area contributed by atoms with Gasteiger partial charge in [0.1, 0.15) is 5.75 Å². The molecule has 2 aromatic carbocycles. The molecule has 3 aliphatic rings. The summed E-state index contributed by atoms with van der Waals surface area (Å²) in [5.74, 6) is -0.243. The van der Waals surface area contributed by atoms with Gasteiger partial charge in [-0.25, -0.2) is 0 Å². The quantitative estimate of drug-likeness (QED) is 0.465. The summed E-state index contributed by atoms with van der Waals surface area (Å²) in [6, 6.07) is 11.1. The fourth-order valence-electron chi connectivity index (χ4n) is 6.07. The number of anilines is 1. The van der Waals surface area contributed by atoms with Crippen LogP contribution in [0.5, 0.6) is 5.75 Å². The van der Waals surface area contributed by atoms with E-state index in [0.717, 1.165) is 53.9 Å². The molecule has 198 valence electrons. The third kappa shape index (κ3) is 4.90. The third-order valence-corrected chi connectivity index (χ3v) is 7.94. The van der Waals surface area contributed by atoms with Gasteiger partial charge in [0.05, 0.1) is 0 Å². The summed E-state index contributed by atoms with van der Waals surface area (Å²) in [4.78, 5) is 41.9. The highest BCUT2D eigenvalue weighted by Crippen LogP contribution is 2.51. The summed E-state index contributed by atoms with van der Waals surface area (Å²) in [6.45, 7) is 6.51. The van der Waals surface area contributed by atoms with E-state index in [1.54, 1.807) is 18.2 Å². The van der Waals surface area contributed by atoms with E-state index < -0.39 is 5.92 Å². The lowest BCUT2D eigenvalue weighted by atomic mass is 9.70. The van der Waals surface area contributed by atoms with E-state index in [-0.39, 0.29) is 24.1 Å². The molecule has 2 aliphatic carbocycles. The zero-order valence-corrected chi connectivity index (χ0v) is 22.9. The molecule has 1 amide bonds. The van der Waals surface area contributed by atoms with Gasteiger partial charge in [0, 0.05) is 64.1 Å². The fraction of sp³-hybridized carbons (Fsp3) is 0.387. The maximum Gasteiger partial charge on any atom is 0.262 e. The van der Waals surface area contributed by atoms with Gasteiger partial charge in [-0.3, -0.25) is 14.4 Å². The predicted molar refractivity (Wildman–Crippen MR) is 148 cm³/mol. The molecule has 0 bridgehead atoms. The maximum absolute atomic E-state index is 13.4. The molecule has 6 nitrogen and oxygen atoms in total. The van der Waals surface area contributed by atoms with Crippen molar-refractivity contribution in [3.63, 3.8) is 0 Å². The molecular formula is C31H33ClN2O4. The van der Waals surface area contributed by atoms with Crippen molar-refractivity contribution in [2.24, 2.45) is 0 Å². The number of nitrogens with one attached hydrogen (secondary N) is 1. The van der Waals surface area contributed by atoms with Gasteiger partial charge in [-0.1, -0.05) is 29.3 Å². The molecule has 0 unspecified atom stereocenters. The van der Waals surface area contributed by atoms with Crippen LogP contribution >= 0.6 is 11.6 Å². The molecular weight excluding hydrogens is 500 g/mol. The number of amides is 1. The minimum absolute atomic E-state index is 0.0677. The SMILES string of the molecule is CCN1C2=C(C(=O)CCC2)C(c2cc(Cl)ccc2OCC(=O)Nc2ccc(C)cc2C)C2=C1CCCC2=O. The smallest absolute Gasteiger partial charge is 0.262 e. The number of carbonyl (C=O) groups excluding carboxylic acids is 3. The van der Waals surface area contributed by atoms with Gasteiger partial charge in [0.15, 0.2) is 18.2 Å². The van der Waals surface area contributed by atoms with Gasteiger partial charge in [-0.15, -0.1) is 0 Å². The van der Waals surface area contributed by atoms with Crippen molar-refractivity contribution in [1.82, 2.24) is 4.90 Å². The van der Waals surface area contributed by atoms with E-state index in [4.69, 9.17) is 16.3 Å². The molecule has 7 heteroatoms. The first-order valence-corrected chi connectivity index (χ1v) is 13.8. The van der Waals surface area contributed by atoms with Crippen LogP contribution in [0, 0.1) is 13.8 Å². The van der Waals surface area contributed by atoms with E-state index >= 15 is 0 Å². The number of ketones is 2. The number of Topliss-reactive ketones (excluding diaryl/α,β-unsaturated/α-hetero) is 2. The Morgan fingerprint density at radius 3 is 2.24 bits per heavy atom. The Morgan fingerprint density at radius 1 is 0.974 bits per heavy atom. The van der Waals surface area contributed by atoms with Crippen LogP contribution in [0.3, 0.4) is 0 Å². The van der Waals surface area contributed by atoms with Crippen LogP contribution < -0.4 is 10.1 Å². The van der Waals surface area contributed by atoms with E-state index in [0.29, 0.717) is 46.9 Å². The Morgan fingerprint density at radius 2 is 1.63 bits per heavy atom. The average Bonchev–Trinajstić information content (AvgIpc) is 2.89. The first-order valence-electron chi connectivity index (χ1n) is 13.4. The predicted octanol–water partition coefficient (Wildman–Crippen LogP) is 6.41. The van der Waals surface area contributed by atoms with E-state index in [1.165, 1.54) is 0 Å². The number of aryl methyl sites for hydroxylation is 2. The molecule has 0 aromatic heterocycles. The third-order valence-electron chi connectivity index (χ3n) is 7.70. The van der Waals surface area contributed by atoms with Crippen LogP contribution in [-0.2, 0) is 14.4 Å². The largest absolute Gasteiger partial charge is 0.483 e. The highest BCUT2D eigenvalue weighted by Gasteiger charge is 2.43. The molecule has 0 saturated heterocycles. The topological polar surface area (TPSA) is 75.7 Å². The van der Waals surface area contributed by atoms with Crippen LogP contribution in [0.25, 0.3) is 0 Å². The Balaban J connectivity index is 1.52. The van der Waals surface area contributed by atoms with Crippen molar-refractivity contribution in [2.75, 3.05) is 18.5 Å². The number of nitrogens with zero attached hydrogens (tertiary/aromatic N) is 1. The van der Waals surface area contributed by atoms with Crippen molar-refractivity contribution in [3.05, 3.63) is 80.7 Å². The van der Waals surface area contributed by atoms with Gasteiger partial charge < -0.3 is 15.0 Å². The monoisotopic (exact) mass is 532 g/mol. The Hall–Kier alpha value is -3.38. The first kappa shape index (κ1) is 26.2. The lowest BCUT2D eigenvalue weighted by molar-refractivity contribution is -0.119. The molecule has 1 aliphatic heterocycles. The summed E-state index contributed by atoms with van der Waals surface area (Å²) >= 11 is 6.47. The molecule has 2 aromatic rings. The maximum atomic E-state index is 13.4. The van der Waals surface area contributed by atoms with Crippen molar-refractivity contribution >= 4 is 34.8 Å². The number of rotatable bonds is 6. The van der Waals surface area contributed by atoms with Crippen molar-refractivity contribution in [3.8, 4) is 5.75 Å². The minimum atomic E-state index is -0.542. The second-order valence-electron chi connectivity index (χ2n) is 10.3. The molecule has 1 heterocycles. The zero-order chi connectivity index (χ0) is 27.0. The second-order valence-corrected chi connectivity index (χ2v) is 10.7. The number of allylic oxidation sites excluding steroid dienone is 4. The summed E-state index contributed by atoms with van der Waals surface area (Å²) in [6.07, 6.45) is 4.11. The zero-order valence-electron chi connectivity index (χ0n) is 22.2. The molecule has 5 rings (SSSR count). The van der Waals surface area contributed by atoms with Crippen molar-refractivity contribution < 1.29 is 19.1 Å². The number of ether oxygens (including phenoxy) is 1. The number of benzene rings is 2. The number of halogens is 1. The number of hydrogen-bond donors (Lipinski definition) is 1. The van der Waals surface area contributed by atoms with Crippen LogP contribution in [0.2, 0.25) is 5.02 Å². The highest BCUT2D eigenvalue weighted by atomic mass is 35.5. The molecule has 0 atom stereocenters. The van der Waals surface area contributed by atoms with Crippen LogP contribution in [-0.4, -0.2) is 35.5 Å². The average molecular weight is 533 g/mol. The summed E-state index contributed by atoms with van der Waals surface area (Å²) in [5, 5.41) is 3.40. The van der Waals surface area contributed by atoms with Gasteiger partial charge in [0.25, 0.3) is 5.91 Å². The Kier molecular flexibility index (Phi) is 7.44. The molecule has 38 heavy (non-hydrogen) atoms. The van der Waals surface area contributed by atoms with Gasteiger partial charge in [0.2, 0.25) is 0 Å². The van der Waals surface area contributed by atoms with E-state index in [9.17, 15) is 14.4 Å². The number of hydrogen-bond acceptors (Lipinski definition) is 5. The number of carbonyl (C=O) groups is 3. The Labute approximate surface area is 228 Å². The first-order chi connectivity index (χ1) is 18.3. The minimum Gasteiger partial charge on any atom is -0.483 e. The molecule has 0 spiro atoms. The van der Waals surface area contributed by atoms with Gasteiger partial charge in [-0.2, -0.15) is 0 Å². The summed E-state index contributed by atoms with van der Waals surface area (Å²) in [5.41, 5.74) is 6.88. The molecule has 0 saturated carbocycles. The normalized spacial score (nSPS) is 17.9. The highest BCUT2D eigenvalue weighted by molar-refractivity contribution is 6.30.